The highest BCUT2D eigenvalue weighted by molar-refractivity contribution is 9.11. The molecule has 1 saturated heterocycles. The van der Waals surface area contributed by atoms with E-state index in [4.69, 9.17) is 9.47 Å². The summed E-state index contributed by atoms with van der Waals surface area (Å²) in [7, 11) is 0. The Morgan fingerprint density at radius 3 is 2.58 bits per heavy atom. The van der Waals surface area contributed by atoms with Gasteiger partial charge in [0.1, 0.15) is 5.75 Å². The first-order chi connectivity index (χ1) is 9.11. The number of ether oxygens (including phenoxy) is 2. The molecule has 0 aliphatic carbocycles. The van der Waals surface area contributed by atoms with Crippen LogP contribution in [0.1, 0.15) is 25.8 Å². The minimum Gasteiger partial charge on any atom is -0.492 e. The van der Waals surface area contributed by atoms with E-state index in [1.807, 2.05) is 6.92 Å². The van der Waals surface area contributed by atoms with E-state index in [-0.39, 0.29) is 0 Å². The van der Waals surface area contributed by atoms with E-state index in [1.54, 1.807) is 0 Å². The summed E-state index contributed by atoms with van der Waals surface area (Å²) in [5.74, 6) is 0.865. The average molecular weight is 393 g/mol. The van der Waals surface area contributed by atoms with Crippen molar-refractivity contribution < 1.29 is 9.47 Å². The molecule has 1 aliphatic rings. The Bertz CT molecular complexity index is 416. The van der Waals surface area contributed by atoms with Crippen molar-refractivity contribution >= 4 is 31.9 Å². The van der Waals surface area contributed by atoms with Gasteiger partial charge in [0.15, 0.2) is 0 Å². The molecule has 2 atom stereocenters. The Morgan fingerprint density at radius 2 is 2.05 bits per heavy atom. The maximum Gasteiger partial charge on any atom is 0.147 e. The Balaban J connectivity index is 2.01. The van der Waals surface area contributed by atoms with Crippen LogP contribution in [0.2, 0.25) is 0 Å². The third-order valence-electron chi connectivity index (χ3n) is 3.29. The molecule has 0 bridgehead atoms. The molecule has 2 unspecified atom stereocenters. The molecule has 1 heterocycles. The highest BCUT2D eigenvalue weighted by Crippen LogP contribution is 2.34. The van der Waals surface area contributed by atoms with Crippen LogP contribution in [-0.4, -0.2) is 25.4 Å². The molecule has 5 heteroatoms. The van der Waals surface area contributed by atoms with Gasteiger partial charge in [-0.2, -0.15) is 0 Å². The summed E-state index contributed by atoms with van der Waals surface area (Å²) in [5.41, 5.74) is 1.22. The minimum atomic E-state index is 0.301. The van der Waals surface area contributed by atoms with Crippen molar-refractivity contribution in [3.63, 3.8) is 0 Å². The first-order valence-corrected chi connectivity index (χ1v) is 8.16. The van der Waals surface area contributed by atoms with E-state index in [0.717, 1.165) is 34.3 Å². The quantitative estimate of drug-likeness (QED) is 0.824. The fourth-order valence-corrected chi connectivity index (χ4v) is 3.76. The summed E-state index contributed by atoms with van der Waals surface area (Å²) in [5, 5.41) is 3.55. The number of hydrogen-bond acceptors (Lipinski definition) is 3. The maximum atomic E-state index is 5.58. The number of rotatable bonds is 5. The number of nitrogens with one attached hydrogen (secondary N) is 1. The molecule has 0 aromatic heterocycles. The third-order valence-corrected chi connectivity index (χ3v) is 4.47. The van der Waals surface area contributed by atoms with Crippen molar-refractivity contribution in [1.29, 1.82) is 0 Å². The topological polar surface area (TPSA) is 30.5 Å². The number of halogens is 2. The zero-order valence-corrected chi connectivity index (χ0v) is 14.4. The second-order valence-corrected chi connectivity index (χ2v) is 6.38. The molecule has 1 aromatic rings. The highest BCUT2D eigenvalue weighted by atomic mass is 79.9. The molecular formula is C14H19Br2NO2. The van der Waals surface area contributed by atoms with Gasteiger partial charge >= 0.3 is 0 Å². The van der Waals surface area contributed by atoms with Crippen LogP contribution in [-0.2, 0) is 11.3 Å². The van der Waals surface area contributed by atoms with Gasteiger partial charge in [0, 0.05) is 19.2 Å². The smallest absolute Gasteiger partial charge is 0.147 e. The van der Waals surface area contributed by atoms with Crippen molar-refractivity contribution in [3.05, 3.63) is 26.6 Å². The Kier molecular flexibility index (Phi) is 5.69. The predicted octanol–water partition coefficient (Wildman–Crippen LogP) is 3.88. The van der Waals surface area contributed by atoms with Crippen LogP contribution in [0, 0.1) is 0 Å². The van der Waals surface area contributed by atoms with E-state index < -0.39 is 0 Å². The first-order valence-electron chi connectivity index (χ1n) is 6.57. The molecule has 1 aliphatic heterocycles. The van der Waals surface area contributed by atoms with Gasteiger partial charge in [0.25, 0.3) is 0 Å². The summed E-state index contributed by atoms with van der Waals surface area (Å²) in [6, 6.07) is 4.65. The van der Waals surface area contributed by atoms with Gasteiger partial charge in [-0.05, 0) is 69.8 Å². The van der Waals surface area contributed by atoms with Crippen LogP contribution in [0.15, 0.2) is 21.1 Å². The summed E-state index contributed by atoms with van der Waals surface area (Å²) in [6.45, 7) is 6.45. The van der Waals surface area contributed by atoms with Gasteiger partial charge in [0.05, 0.1) is 21.7 Å². The lowest BCUT2D eigenvalue weighted by Crippen LogP contribution is -2.34. The van der Waals surface area contributed by atoms with Gasteiger partial charge in [-0.25, -0.2) is 0 Å². The molecular weight excluding hydrogens is 374 g/mol. The van der Waals surface area contributed by atoms with Crippen LogP contribution >= 0.6 is 31.9 Å². The maximum absolute atomic E-state index is 5.58. The summed E-state index contributed by atoms with van der Waals surface area (Å²) < 4.78 is 13.1. The van der Waals surface area contributed by atoms with E-state index in [9.17, 15) is 0 Å². The molecule has 0 radical (unpaired) electrons. The van der Waals surface area contributed by atoms with E-state index >= 15 is 0 Å². The Labute approximate surface area is 131 Å². The highest BCUT2D eigenvalue weighted by Gasteiger charge is 2.23. The molecule has 3 nitrogen and oxygen atoms in total. The SMILES string of the molecule is CCOc1c(Br)cc(CNC2CCOC2C)cc1Br. The summed E-state index contributed by atoms with van der Waals surface area (Å²) in [6.07, 6.45) is 1.38. The molecule has 19 heavy (non-hydrogen) atoms. The minimum absolute atomic E-state index is 0.301. The molecule has 1 N–H and O–H groups in total. The monoisotopic (exact) mass is 391 g/mol. The van der Waals surface area contributed by atoms with E-state index in [2.05, 4.69) is 56.2 Å². The second kappa shape index (κ2) is 7.07. The average Bonchev–Trinajstić information content (AvgIpc) is 2.77. The zero-order valence-electron chi connectivity index (χ0n) is 11.2. The van der Waals surface area contributed by atoms with E-state index in [0.29, 0.717) is 18.8 Å². The molecule has 0 saturated carbocycles. The summed E-state index contributed by atoms with van der Waals surface area (Å²) in [4.78, 5) is 0. The summed E-state index contributed by atoms with van der Waals surface area (Å²) >= 11 is 7.11. The number of hydrogen-bond donors (Lipinski definition) is 1. The van der Waals surface area contributed by atoms with Crippen LogP contribution in [0.3, 0.4) is 0 Å². The van der Waals surface area contributed by atoms with Gasteiger partial charge in [0.2, 0.25) is 0 Å². The van der Waals surface area contributed by atoms with Gasteiger partial charge < -0.3 is 14.8 Å². The molecule has 0 amide bonds. The van der Waals surface area contributed by atoms with Crippen LogP contribution in [0.5, 0.6) is 5.75 Å². The van der Waals surface area contributed by atoms with Crippen molar-refractivity contribution in [2.45, 2.75) is 39.0 Å². The normalized spacial score (nSPS) is 22.7. The first kappa shape index (κ1) is 15.3. The third kappa shape index (κ3) is 3.94. The molecule has 1 aromatic carbocycles. The van der Waals surface area contributed by atoms with Gasteiger partial charge in [-0.3, -0.25) is 0 Å². The van der Waals surface area contributed by atoms with Crippen LogP contribution in [0.25, 0.3) is 0 Å². The lowest BCUT2D eigenvalue weighted by molar-refractivity contribution is 0.113. The lowest BCUT2D eigenvalue weighted by Gasteiger charge is -2.17. The standard InChI is InChI=1S/C14H19Br2NO2/c1-3-18-14-11(15)6-10(7-12(14)16)8-17-13-4-5-19-9(13)2/h6-7,9,13,17H,3-5,8H2,1-2H3. The second-order valence-electron chi connectivity index (χ2n) is 4.67. The van der Waals surface area contributed by atoms with Crippen molar-refractivity contribution in [2.24, 2.45) is 0 Å². The molecule has 2 rings (SSSR count). The molecule has 106 valence electrons. The molecule has 1 fully saturated rings. The van der Waals surface area contributed by atoms with Gasteiger partial charge in [-0.1, -0.05) is 0 Å². The number of benzene rings is 1. The van der Waals surface area contributed by atoms with Crippen LogP contribution < -0.4 is 10.1 Å². The predicted molar refractivity (Wildman–Crippen MR) is 83.7 cm³/mol. The fourth-order valence-electron chi connectivity index (χ4n) is 2.25. The zero-order chi connectivity index (χ0) is 13.8. The van der Waals surface area contributed by atoms with Crippen molar-refractivity contribution in [3.8, 4) is 5.75 Å². The van der Waals surface area contributed by atoms with E-state index in [1.165, 1.54) is 5.56 Å². The van der Waals surface area contributed by atoms with Gasteiger partial charge in [-0.15, -0.1) is 0 Å². The Hall–Kier alpha value is -0.100. The Morgan fingerprint density at radius 1 is 1.37 bits per heavy atom. The van der Waals surface area contributed by atoms with Crippen LogP contribution in [0.4, 0.5) is 0 Å². The fraction of sp³-hybridized carbons (Fsp3) is 0.571. The lowest BCUT2D eigenvalue weighted by atomic mass is 10.1. The van der Waals surface area contributed by atoms with Crippen molar-refractivity contribution in [1.82, 2.24) is 5.32 Å². The molecule has 0 spiro atoms. The largest absolute Gasteiger partial charge is 0.492 e. The van der Waals surface area contributed by atoms with Crippen molar-refractivity contribution in [2.75, 3.05) is 13.2 Å².